The first kappa shape index (κ1) is 11.7. The summed E-state index contributed by atoms with van der Waals surface area (Å²) < 4.78 is 17.8. The quantitative estimate of drug-likeness (QED) is 0.806. The normalized spacial score (nSPS) is 10.7. The van der Waals surface area contributed by atoms with E-state index in [4.69, 9.17) is 4.52 Å². The van der Waals surface area contributed by atoms with E-state index in [1.54, 1.807) is 12.1 Å². The lowest BCUT2D eigenvalue weighted by atomic mass is 10.2. The van der Waals surface area contributed by atoms with Gasteiger partial charge in [0.15, 0.2) is 0 Å². The van der Waals surface area contributed by atoms with Crippen LogP contribution in [0.15, 0.2) is 28.8 Å². The van der Waals surface area contributed by atoms with Crippen molar-refractivity contribution in [3.63, 3.8) is 0 Å². The zero-order chi connectivity index (χ0) is 12.1. The average molecular weight is 235 g/mol. The minimum Gasteiger partial charge on any atom is -0.339 e. The Balaban J connectivity index is 2.04. The van der Waals surface area contributed by atoms with Crippen LogP contribution >= 0.6 is 0 Å². The molecule has 2 aromatic rings. The molecule has 0 amide bonds. The summed E-state index contributed by atoms with van der Waals surface area (Å²) in [4.78, 5) is 4.24. The van der Waals surface area contributed by atoms with Gasteiger partial charge in [-0.15, -0.1) is 0 Å². The van der Waals surface area contributed by atoms with E-state index in [0.717, 1.165) is 18.7 Å². The predicted octanol–water partition coefficient (Wildman–Crippen LogP) is 2.03. The molecule has 0 spiro atoms. The molecule has 5 heteroatoms. The Kier molecular flexibility index (Phi) is 3.82. The Morgan fingerprint density at radius 2 is 2.06 bits per heavy atom. The van der Waals surface area contributed by atoms with E-state index in [9.17, 15) is 4.39 Å². The van der Waals surface area contributed by atoms with Crippen molar-refractivity contribution in [1.82, 2.24) is 15.5 Å². The number of likely N-dealkylation sites (N-methyl/N-ethyl adjacent to an activating group) is 1. The third-order valence-corrected chi connectivity index (χ3v) is 2.34. The Labute approximate surface area is 98.8 Å². The Morgan fingerprint density at radius 1 is 1.29 bits per heavy atom. The molecule has 2 rings (SSSR count). The van der Waals surface area contributed by atoms with E-state index in [2.05, 4.69) is 15.5 Å². The molecule has 0 aliphatic carbocycles. The van der Waals surface area contributed by atoms with E-state index in [0.29, 0.717) is 18.1 Å². The molecule has 0 saturated heterocycles. The van der Waals surface area contributed by atoms with Crippen LogP contribution in [0.2, 0.25) is 0 Å². The van der Waals surface area contributed by atoms with Crippen molar-refractivity contribution in [2.45, 2.75) is 13.3 Å². The molecule has 0 unspecified atom stereocenters. The Bertz CT molecular complexity index is 467. The second-order valence-corrected chi connectivity index (χ2v) is 3.62. The van der Waals surface area contributed by atoms with Gasteiger partial charge in [0.05, 0.1) is 0 Å². The number of benzene rings is 1. The van der Waals surface area contributed by atoms with Gasteiger partial charge in [-0.3, -0.25) is 0 Å². The second-order valence-electron chi connectivity index (χ2n) is 3.62. The summed E-state index contributed by atoms with van der Waals surface area (Å²) in [5.74, 6) is 0.811. The number of hydrogen-bond donors (Lipinski definition) is 1. The van der Waals surface area contributed by atoms with Crippen LogP contribution in [0.1, 0.15) is 12.8 Å². The van der Waals surface area contributed by atoms with Gasteiger partial charge >= 0.3 is 0 Å². The summed E-state index contributed by atoms with van der Waals surface area (Å²) >= 11 is 0. The smallest absolute Gasteiger partial charge is 0.228 e. The number of rotatable bonds is 5. The molecule has 0 aliphatic rings. The molecular formula is C12H14FN3O. The zero-order valence-electron chi connectivity index (χ0n) is 9.61. The minimum absolute atomic E-state index is 0.274. The van der Waals surface area contributed by atoms with E-state index in [-0.39, 0.29) is 5.82 Å². The fourth-order valence-corrected chi connectivity index (χ4v) is 1.44. The van der Waals surface area contributed by atoms with Crippen molar-refractivity contribution >= 4 is 0 Å². The predicted molar refractivity (Wildman–Crippen MR) is 61.9 cm³/mol. The Morgan fingerprint density at radius 3 is 2.76 bits per heavy atom. The van der Waals surface area contributed by atoms with E-state index in [1.165, 1.54) is 12.1 Å². The van der Waals surface area contributed by atoms with E-state index in [1.807, 2.05) is 6.92 Å². The molecule has 1 aromatic carbocycles. The van der Waals surface area contributed by atoms with Crippen LogP contribution in [-0.2, 0) is 6.42 Å². The highest BCUT2D eigenvalue weighted by Crippen LogP contribution is 2.15. The topological polar surface area (TPSA) is 51.0 Å². The highest BCUT2D eigenvalue weighted by molar-refractivity contribution is 5.53. The van der Waals surface area contributed by atoms with Crippen molar-refractivity contribution < 1.29 is 8.91 Å². The van der Waals surface area contributed by atoms with Crippen molar-refractivity contribution in [2.24, 2.45) is 0 Å². The van der Waals surface area contributed by atoms with Crippen LogP contribution < -0.4 is 5.32 Å². The van der Waals surface area contributed by atoms with Crippen LogP contribution in [0.25, 0.3) is 11.4 Å². The third-order valence-electron chi connectivity index (χ3n) is 2.34. The molecule has 17 heavy (non-hydrogen) atoms. The van der Waals surface area contributed by atoms with Gasteiger partial charge in [0.1, 0.15) is 5.82 Å². The summed E-state index contributed by atoms with van der Waals surface area (Å²) in [7, 11) is 0. The number of hydrogen-bond acceptors (Lipinski definition) is 4. The van der Waals surface area contributed by atoms with Crippen LogP contribution in [-0.4, -0.2) is 23.2 Å². The lowest BCUT2D eigenvalue weighted by Crippen LogP contribution is -2.16. The van der Waals surface area contributed by atoms with Gasteiger partial charge in [-0.25, -0.2) is 4.39 Å². The first-order chi connectivity index (χ1) is 8.29. The molecule has 0 aliphatic heterocycles. The van der Waals surface area contributed by atoms with Crippen LogP contribution in [0.4, 0.5) is 4.39 Å². The molecule has 1 aromatic heterocycles. The largest absolute Gasteiger partial charge is 0.339 e. The number of nitrogens with zero attached hydrogens (tertiary/aromatic N) is 2. The molecule has 4 nitrogen and oxygen atoms in total. The molecule has 0 saturated carbocycles. The highest BCUT2D eigenvalue weighted by Gasteiger charge is 2.07. The fraction of sp³-hybridized carbons (Fsp3) is 0.333. The van der Waals surface area contributed by atoms with Crippen LogP contribution in [0.3, 0.4) is 0 Å². The molecule has 1 N–H and O–H groups in total. The summed E-state index contributed by atoms with van der Waals surface area (Å²) in [6.45, 7) is 3.76. The second kappa shape index (κ2) is 5.54. The standard InChI is InChI=1S/C12H14FN3O/c1-2-14-8-7-11-15-12(16-17-11)9-3-5-10(13)6-4-9/h3-6,14H,2,7-8H2,1H3. The summed E-state index contributed by atoms with van der Waals surface area (Å²) in [6, 6.07) is 6.02. The zero-order valence-corrected chi connectivity index (χ0v) is 9.61. The van der Waals surface area contributed by atoms with Crippen LogP contribution in [0, 0.1) is 5.82 Å². The van der Waals surface area contributed by atoms with Gasteiger partial charge in [0.2, 0.25) is 11.7 Å². The molecule has 0 fully saturated rings. The number of halogens is 1. The first-order valence-electron chi connectivity index (χ1n) is 5.59. The van der Waals surface area contributed by atoms with Gasteiger partial charge in [0, 0.05) is 18.5 Å². The SMILES string of the molecule is CCNCCc1nc(-c2ccc(F)cc2)no1. The van der Waals surface area contributed by atoms with Gasteiger partial charge in [-0.05, 0) is 30.8 Å². The van der Waals surface area contributed by atoms with Crippen molar-refractivity contribution in [3.8, 4) is 11.4 Å². The lowest BCUT2D eigenvalue weighted by molar-refractivity contribution is 0.377. The van der Waals surface area contributed by atoms with E-state index < -0.39 is 0 Å². The summed E-state index contributed by atoms with van der Waals surface area (Å²) in [5, 5.41) is 7.03. The van der Waals surface area contributed by atoms with E-state index >= 15 is 0 Å². The number of nitrogens with one attached hydrogen (secondary N) is 1. The van der Waals surface area contributed by atoms with Gasteiger partial charge in [-0.1, -0.05) is 12.1 Å². The summed E-state index contributed by atoms with van der Waals surface area (Å²) in [5.41, 5.74) is 0.754. The molecule has 1 heterocycles. The molecular weight excluding hydrogens is 221 g/mol. The van der Waals surface area contributed by atoms with Gasteiger partial charge < -0.3 is 9.84 Å². The average Bonchev–Trinajstić information content (AvgIpc) is 2.79. The van der Waals surface area contributed by atoms with Gasteiger partial charge in [-0.2, -0.15) is 4.98 Å². The van der Waals surface area contributed by atoms with Crippen molar-refractivity contribution in [1.29, 1.82) is 0 Å². The summed E-state index contributed by atoms with van der Waals surface area (Å²) in [6.07, 6.45) is 0.696. The maximum atomic E-state index is 12.7. The van der Waals surface area contributed by atoms with Crippen LogP contribution in [0.5, 0.6) is 0 Å². The van der Waals surface area contributed by atoms with Gasteiger partial charge in [0.25, 0.3) is 0 Å². The maximum absolute atomic E-state index is 12.7. The maximum Gasteiger partial charge on any atom is 0.228 e. The monoisotopic (exact) mass is 235 g/mol. The van der Waals surface area contributed by atoms with Crippen molar-refractivity contribution in [3.05, 3.63) is 36.0 Å². The Hall–Kier alpha value is -1.75. The molecule has 0 atom stereocenters. The lowest BCUT2D eigenvalue weighted by Gasteiger charge is -1.95. The highest BCUT2D eigenvalue weighted by atomic mass is 19.1. The number of aromatic nitrogens is 2. The molecule has 90 valence electrons. The fourth-order valence-electron chi connectivity index (χ4n) is 1.44. The molecule has 0 radical (unpaired) electrons. The minimum atomic E-state index is -0.274. The first-order valence-corrected chi connectivity index (χ1v) is 5.59. The van der Waals surface area contributed by atoms with Crippen molar-refractivity contribution in [2.75, 3.05) is 13.1 Å². The third kappa shape index (κ3) is 3.10. The molecule has 0 bridgehead atoms.